The van der Waals surface area contributed by atoms with Crippen molar-refractivity contribution < 1.29 is 8.42 Å². The van der Waals surface area contributed by atoms with Gasteiger partial charge < -0.3 is 15.5 Å². The van der Waals surface area contributed by atoms with E-state index in [-0.39, 0.29) is 17.5 Å². The lowest BCUT2D eigenvalue weighted by molar-refractivity contribution is 0.599. The fraction of sp³-hybridized carbons (Fsp3) is 0.474. The van der Waals surface area contributed by atoms with Crippen molar-refractivity contribution in [3.8, 4) is 0 Å². The number of nitrogens with one attached hydrogen (secondary N) is 2. The molecular weight excluding hydrogens is 362 g/mol. The van der Waals surface area contributed by atoms with E-state index in [2.05, 4.69) is 27.8 Å². The molecule has 0 aliphatic carbocycles. The van der Waals surface area contributed by atoms with E-state index in [9.17, 15) is 8.42 Å². The monoisotopic (exact) mass is 389 g/mol. The van der Waals surface area contributed by atoms with Crippen molar-refractivity contribution in [3.05, 3.63) is 35.9 Å². The van der Waals surface area contributed by atoms with Crippen LogP contribution >= 0.6 is 0 Å². The van der Waals surface area contributed by atoms with Gasteiger partial charge in [0.15, 0.2) is 15.8 Å². The standard InChI is InChI=1S/C19H27N5O2S/c1-4-20-19(22-15-9-10-27(25,26)13-15)21-12-14-11-18(24(2)3)23-17-8-6-5-7-16(14)17/h5-8,11,15H,4,9-10,12-13H2,1-3H3,(H2,20,21,22). The molecule has 2 aromatic rings. The van der Waals surface area contributed by atoms with Crippen LogP contribution in [0.2, 0.25) is 0 Å². The summed E-state index contributed by atoms with van der Waals surface area (Å²) in [6.07, 6.45) is 0.621. The second kappa shape index (κ2) is 8.12. The Bertz CT molecular complexity index is 940. The van der Waals surface area contributed by atoms with Crippen molar-refractivity contribution in [2.24, 2.45) is 4.99 Å². The summed E-state index contributed by atoms with van der Waals surface area (Å²) in [6.45, 7) is 3.19. The topological polar surface area (TPSA) is 86.7 Å². The fourth-order valence-corrected chi connectivity index (χ4v) is 4.85. The van der Waals surface area contributed by atoms with Crippen LogP contribution in [-0.2, 0) is 16.4 Å². The van der Waals surface area contributed by atoms with Crippen molar-refractivity contribution in [1.82, 2.24) is 15.6 Å². The highest BCUT2D eigenvalue weighted by Crippen LogP contribution is 2.22. The van der Waals surface area contributed by atoms with Gasteiger partial charge in [-0.2, -0.15) is 0 Å². The van der Waals surface area contributed by atoms with Crippen molar-refractivity contribution in [2.75, 3.05) is 37.0 Å². The predicted octanol–water partition coefficient (Wildman–Crippen LogP) is 1.54. The lowest BCUT2D eigenvalue weighted by atomic mass is 10.1. The predicted molar refractivity (Wildman–Crippen MR) is 111 cm³/mol. The van der Waals surface area contributed by atoms with Crippen molar-refractivity contribution in [3.63, 3.8) is 0 Å². The number of guanidine groups is 1. The van der Waals surface area contributed by atoms with Gasteiger partial charge in [0.25, 0.3) is 0 Å². The van der Waals surface area contributed by atoms with Crippen LogP contribution in [0.15, 0.2) is 35.3 Å². The summed E-state index contributed by atoms with van der Waals surface area (Å²) in [6, 6.07) is 10.0. The van der Waals surface area contributed by atoms with E-state index in [1.807, 2.05) is 44.1 Å². The molecule has 3 rings (SSSR count). The van der Waals surface area contributed by atoms with Crippen molar-refractivity contribution in [1.29, 1.82) is 0 Å². The highest BCUT2D eigenvalue weighted by atomic mass is 32.2. The maximum Gasteiger partial charge on any atom is 0.191 e. The Labute approximate surface area is 160 Å². The van der Waals surface area contributed by atoms with Crippen LogP contribution < -0.4 is 15.5 Å². The maximum absolute atomic E-state index is 11.7. The Hall–Kier alpha value is -2.35. The van der Waals surface area contributed by atoms with Gasteiger partial charge >= 0.3 is 0 Å². The van der Waals surface area contributed by atoms with Gasteiger partial charge in [-0.15, -0.1) is 0 Å². The molecule has 1 aliphatic heterocycles. The molecule has 1 unspecified atom stereocenters. The van der Waals surface area contributed by atoms with E-state index >= 15 is 0 Å². The summed E-state index contributed by atoms with van der Waals surface area (Å²) in [7, 11) is 1.01. The molecule has 1 aromatic heterocycles. The van der Waals surface area contributed by atoms with Crippen LogP contribution in [0, 0.1) is 0 Å². The summed E-state index contributed by atoms with van der Waals surface area (Å²) in [4.78, 5) is 11.4. The largest absolute Gasteiger partial charge is 0.363 e. The van der Waals surface area contributed by atoms with E-state index in [0.717, 1.165) is 22.3 Å². The first-order valence-electron chi connectivity index (χ1n) is 9.19. The number of aliphatic imine (C=N–C) groups is 1. The van der Waals surface area contributed by atoms with Gasteiger partial charge in [-0.25, -0.2) is 18.4 Å². The summed E-state index contributed by atoms with van der Waals surface area (Å²) in [5, 5.41) is 7.55. The molecule has 8 heteroatoms. The highest BCUT2D eigenvalue weighted by molar-refractivity contribution is 7.91. The normalized spacial score (nSPS) is 19.2. The molecule has 0 saturated carbocycles. The zero-order chi connectivity index (χ0) is 19.4. The number of aromatic nitrogens is 1. The molecule has 27 heavy (non-hydrogen) atoms. The molecule has 0 radical (unpaired) electrons. The van der Waals surface area contributed by atoms with Gasteiger partial charge in [0, 0.05) is 32.1 Å². The third-order valence-corrected chi connectivity index (χ3v) is 6.34. The van der Waals surface area contributed by atoms with Crippen LogP contribution in [0.25, 0.3) is 10.9 Å². The zero-order valence-electron chi connectivity index (χ0n) is 16.1. The van der Waals surface area contributed by atoms with Crippen LogP contribution in [0.3, 0.4) is 0 Å². The Balaban J connectivity index is 1.85. The molecule has 1 aliphatic rings. The minimum Gasteiger partial charge on any atom is -0.363 e. The molecule has 0 bridgehead atoms. The molecular formula is C19H27N5O2S. The number of benzene rings is 1. The van der Waals surface area contributed by atoms with Crippen molar-refractivity contribution in [2.45, 2.75) is 25.9 Å². The Kier molecular flexibility index (Phi) is 5.84. The first kappa shape index (κ1) is 19.4. The maximum atomic E-state index is 11.7. The molecule has 2 N–H and O–H groups in total. The van der Waals surface area contributed by atoms with E-state index in [1.54, 1.807) is 0 Å². The van der Waals surface area contributed by atoms with Gasteiger partial charge in [-0.1, -0.05) is 18.2 Å². The second-order valence-corrected chi connectivity index (χ2v) is 9.22. The summed E-state index contributed by atoms with van der Waals surface area (Å²) >= 11 is 0. The summed E-state index contributed by atoms with van der Waals surface area (Å²) in [5.41, 5.74) is 2.02. The molecule has 0 amide bonds. The SMILES string of the molecule is CCNC(=NCc1cc(N(C)C)nc2ccccc12)NC1CCS(=O)(=O)C1. The Morgan fingerprint density at radius 3 is 2.78 bits per heavy atom. The lowest BCUT2D eigenvalue weighted by Crippen LogP contribution is -2.44. The average molecular weight is 390 g/mol. The number of nitrogens with zero attached hydrogens (tertiary/aromatic N) is 3. The molecule has 1 saturated heterocycles. The first-order chi connectivity index (χ1) is 12.9. The van der Waals surface area contributed by atoms with Gasteiger partial charge in [0.2, 0.25) is 0 Å². The van der Waals surface area contributed by atoms with E-state index < -0.39 is 9.84 Å². The molecule has 7 nitrogen and oxygen atoms in total. The van der Waals surface area contributed by atoms with Gasteiger partial charge in [0.1, 0.15) is 5.82 Å². The Morgan fingerprint density at radius 2 is 2.11 bits per heavy atom. The zero-order valence-corrected chi connectivity index (χ0v) is 16.9. The number of rotatable bonds is 5. The highest BCUT2D eigenvalue weighted by Gasteiger charge is 2.28. The van der Waals surface area contributed by atoms with Crippen LogP contribution in [0.1, 0.15) is 18.9 Å². The molecule has 2 heterocycles. The lowest BCUT2D eigenvalue weighted by Gasteiger charge is -2.17. The third-order valence-electron chi connectivity index (χ3n) is 4.57. The van der Waals surface area contributed by atoms with Crippen molar-refractivity contribution >= 4 is 32.5 Å². The average Bonchev–Trinajstić information content (AvgIpc) is 2.97. The van der Waals surface area contributed by atoms with E-state index in [4.69, 9.17) is 4.99 Å². The molecule has 146 valence electrons. The molecule has 1 aromatic carbocycles. The molecule has 0 spiro atoms. The fourth-order valence-electron chi connectivity index (χ4n) is 3.18. The second-order valence-electron chi connectivity index (χ2n) is 6.99. The molecule has 1 atom stereocenters. The Morgan fingerprint density at radius 1 is 1.33 bits per heavy atom. The first-order valence-corrected chi connectivity index (χ1v) is 11.0. The summed E-state index contributed by atoms with van der Waals surface area (Å²) in [5.74, 6) is 1.94. The number of para-hydroxylation sites is 1. The number of hydrogen-bond acceptors (Lipinski definition) is 5. The summed E-state index contributed by atoms with van der Waals surface area (Å²) < 4.78 is 23.4. The number of sulfone groups is 1. The minimum atomic E-state index is -2.93. The smallest absolute Gasteiger partial charge is 0.191 e. The van der Waals surface area contributed by atoms with Gasteiger partial charge in [-0.3, -0.25) is 0 Å². The van der Waals surface area contributed by atoms with Gasteiger partial charge in [0.05, 0.1) is 23.6 Å². The molecule has 1 fully saturated rings. The van der Waals surface area contributed by atoms with E-state index in [1.165, 1.54) is 0 Å². The van der Waals surface area contributed by atoms with Crippen LogP contribution in [-0.4, -0.2) is 57.5 Å². The minimum absolute atomic E-state index is 0.0840. The van der Waals surface area contributed by atoms with Gasteiger partial charge in [-0.05, 0) is 31.0 Å². The number of pyridine rings is 1. The van der Waals surface area contributed by atoms with Crippen LogP contribution in [0.4, 0.5) is 5.82 Å². The number of hydrogen-bond donors (Lipinski definition) is 2. The van der Waals surface area contributed by atoms with E-state index in [0.29, 0.717) is 25.5 Å². The number of anilines is 1. The van der Waals surface area contributed by atoms with Crippen LogP contribution in [0.5, 0.6) is 0 Å². The number of fused-ring (bicyclic) bond motifs is 1. The quantitative estimate of drug-likeness (QED) is 0.596. The third kappa shape index (κ3) is 4.88.